The average molecular weight is 488 g/mol. The standard InChI is InChI=1S/C27H22ClN3O2S/c1-17-9-8-14-23(18(17)2)30-25(32)21(16-29)27-31(20-11-4-3-5-12-20)26(33)24(34-27)15-19-10-6-7-13-22(19)28/h3-14,24H,15H2,1-2H3,(H,30,32). The van der Waals surface area contributed by atoms with Gasteiger partial charge in [-0.05, 0) is 61.2 Å². The second-order valence-corrected chi connectivity index (χ2v) is 9.50. The van der Waals surface area contributed by atoms with Crippen LogP contribution >= 0.6 is 23.4 Å². The first-order valence-electron chi connectivity index (χ1n) is 10.7. The topological polar surface area (TPSA) is 73.2 Å². The van der Waals surface area contributed by atoms with Gasteiger partial charge >= 0.3 is 0 Å². The van der Waals surface area contributed by atoms with Crippen LogP contribution in [0.1, 0.15) is 16.7 Å². The van der Waals surface area contributed by atoms with Gasteiger partial charge in [-0.15, -0.1) is 0 Å². The van der Waals surface area contributed by atoms with Crippen LogP contribution in [0.3, 0.4) is 0 Å². The molecule has 1 unspecified atom stereocenters. The summed E-state index contributed by atoms with van der Waals surface area (Å²) in [6, 6.07) is 24.1. The number of amides is 2. The van der Waals surface area contributed by atoms with E-state index in [1.165, 1.54) is 16.7 Å². The first-order valence-corrected chi connectivity index (χ1v) is 12.0. The summed E-state index contributed by atoms with van der Waals surface area (Å²) in [4.78, 5) is 28.2. The second kappa shape index (κ2) is 10.2. The van der Waals surface area contributed by atoms with Crippen molar-refractivity contribution in [2.75, 3.05) is 10.2 Å². The molecular formula is C27H22ClN3O2S. The quantitative estimate of drug-likeness (QED) is 0.352. The number of nitrogens with one attached hydrogen (secondary N) is 1. The van der Waals surface area contributed by atoms with Crippen molar-refractivity contribution in [3.8, 4) is 6.07 Å². The molecule has 0 spiro atoms. The number of anilines is 2. The number of benzene rings is 3. The highest BCUT2D eigenvalue weighted by Gasteiger charge is 2.41. The van der Waals surface area contributed by atoms with E-state index in [4.69, 9.17) is 11.6 Å². The lowest BCUT2D eigenvalue weighted by atomic mass is 10.1. The van der Waals surface area contributed by atoms with Crippen molar-refractivity contribution in [3.63, 3.8) is 0 Å². The molecule has 1 atom stereocenters. The van der Waals surface area contributed by atoms with Crippen molar-refractivity contribution in [1.29, 1.82) is 5.26 Å². The number of para-hydroxylation sites is 1. The van der Waals surface area contributed by atoms with Crippen molar-refractivity contribution < 1.29 is 9.59 Å². The molecule has 1 heterocycles. The molecule has 0 saturated carbocycles. The van der Waals surface area contributed by atoms with Gasteiger partial charge in [0, 0.05) is 16.4 Å². The van der Waals surface area contributed by atoms with E-state index in [2.05, 4.69) is 5.32 Å². The number of aryl methyl sites for hydroxylation is 1. The number of nitriles is 1. The van der Waals surface area contributed by atoms with Crippen molar-refractivity contribution in [2.24, 2.45) is 0 Å². The number of thioether (sulfide) groups is 1. The predicted molar refractivity (Wildman–Crippen MR) is 138 cm³/mol. The van der Waals surface area contributed by atoms with E-state index >= 15 is 0 Å². The van der Waals surface area contributed by atoms with Gasteiger partial charge in [0.25, 0.3) is 5.91 Å². The molecule has 34 heavy (non-hydrogen) atoms. The van der Waals surface area contributed by atoms with Gasteiger partial charge in [-0.1, -0.05) is 71.9 Å². The minimum atomic E-state index is -0.550. The number of carbonyl (C=O) groups excluding carboxylic acids is 2. The van der Waals surface area contributed by atoms with Crippen LogP contribution in [0.15, 0.2) is 83.4 Å². The molecule has 1 fully saturated rings. The van der Waals surface area contributed by atoms with E-state index < -0.39 is 11.2 Å². The Hall–Kier alpha value is -3.53. The molecular weight excluding hydrogens is 466 g/mol. The monoisotopic (exact) mass is 487 g/mol. The Kier molecular flexibility index (Phi) is 7.06. The molecule has 1 aliphatic rings. The lowest BCUT2D eigenvalue weighted by Gasteiger charge is -2.19. The number of nitrogens with zero attached hydrogens (tertiary/aromatic N) is 2. The smallest absolute Gasteiger partial charge is 0.269 e. The zero-order valence-corrected chi connectivity index (χ0v) is 20.3. The average Bonchev–Trinajstić information content (AvgIpc) is 3.15. The normalized spacial score (nSPS) is 16.8. The van der Waals surface area contributed by atoms with Gasteiger partial charge in [0.15, 0.2) is 0 Å². The molecule has 5 nitrogen and oxygen atoms in total. The van der Waals surface area contributed by atoms with E-state index in [1.807, 2.05) is 68.4 Å². The first kappa shape index (κ1) is 23.6. The van der Waals surface area contributed by atoms with Crippen LogP contribution in [0.25, 0.3) is 0 Å². The SMILES string of the molecule is Cc1cccc(NC(=O)C(C#N)=C2SC(Cc3ccccc3Cl)C(=O)N2c2ccccc2)c1C. The van der Waals surface area contributed by atoms with Crippen LogP contribution in [0.4, 0.5) is 11.4 Å². The highest BCUT2D eigenvalue weighted by atomic mass is 35.5. The van der Waals surface area contributed by atoms with Gasteiger partial charge in [-0.2, -0.15) is 5.26 Å². The largest absolute Gasteiger partial charge is 0.321 e. The number of halogens is 1. The molecule has 170 valence electrons. The third-order valence-corrected chi connectivity index (χ3v) is 7.37. The fourth-order valence-electron chi connectivity index (χ4n) is 3.73. The summed E-state index contributed by atoms with van der Waals surface area (Å²) in [5.74, 6) is -0.746. The van der Waals surface area contributed by atoms with Crippen LogP contribution in [0, 0.1) is 25.2 Å². The maximum atomic E-state index is 13.5. The summed E-state index contributed by atoms with van der Waals surface area (Å²) >= 11 is 7.55. The molecule has 1 saturated heterocycles. The van der Waals surface area contributed by atoms with Crippen LogP contribution in [0.2, 0.25) is 5.02 Å². The number of rotatable bonds is 5. The summed E-state index contributed by atoms with van der Waals surface area (Å²) < 4.78 is 0. The van der Waals surface area contributed by atoms with Gasteiger partial charge in [0.2, 0.25) is 5.91 Å². The predicted octanol–water partition coefficient (Wildman–Crippen LogP) is 6.02. The van der Waals surface area contributed by atoms with Crippen LogP contribution in [0.5, 0.6) is 0 Å². The molecule has 0 aliphatic carbocycles. The minimum absolute atomic E-state index is 0.107. The van der Waals surface area contributed by atoms with Gasteiger partial charge in [0.05, 0.1) is 5.25 Å². The first-order chi connectivity index (χ1) is 16.4. The van der Waals surface area contributed by atoms with Crippen molar-refractivity contribution >= 4 is 46.6 Å². The summed E-state index contributed by atoms with van der Waals surface area (Å²) in [6.07, 6.45) is 0.382. The zero-order chi connectivity index (χ0) is 24.2. The zero-order valence-electron chi connectivity index (χ0n) is 18.7. The van der Waals surface area contributed by atoms with E-state index in [0.29, 0.717) is 27.8 Å². The number of hydrogen-bond donors (Lipinski definition) is 1. The van der Waals surface area contributed by atoms with E-state index in [1.54, 1.807) is 24.3 Å². The van der Waals surface area contributed by atoms with Crippen molar-refractivity contribution in [3.05, 3.63) is 105 Å². The van der Waals surface area contributed by atoms with E-state index in [9.17, 15) is 14.9 Å². The van der Waals surface area contributed by atoms with Crippen LogP contribution in [-0.2, 0) is 16.0 Å². The molecule has 0 bridgehead atoms. The third kappa shape index (κ3) is 4.72. The molecule has 4 rings (SSSR count). The molecule has 2 amide bonds. The lowest BCUT2D eigenvalue weighted by Crippen LogP contribution is -2.31. The van der Waals surface area contributed by atoms with E-state index in [-0.39, 0.29) is 11.5 Å². The van der Waals surface area contributed by atoms with Crippen LogP contribution < -0.4 is 10.2 Å². The summed E-state index contributed by atoms with van der Waals surface area (Å²) in [5.41, 5.74) is 3.91. The summed E-state index contributed by atoms with van der Waals surface area (Å²) in [6.45, 7) is 3.87. The molecule has 0 aromatic heterocycles. The van der Waals surface area contributed by atoms with Gasteiger partial charge in [-0.3, -0.25) is 14.5 Å². The maximum Gasteiger partial charge on any atom is 0.269 e. The minimum Gasteiger partial charge on any atom is -0.321 e. The lowest BCUT2D eigenvalue weighted by molar-refractivity contribution is -0.117. The molecule has 7 heteroatoms. The Bertz CT molecular complexity index is 1330. The molecule has 1 N–H and O–H groups in total. The number of hydrogen-bond acceptors (Lipinski definition) is 4. The molecule has 0 radical (unpaired) electrons. The highest BCUT2D eigenvalue weighted by molar-refractivity contribution is 8.05. The van der Waals surface area contributed by atoms with Gasteiger partial charge in [0.1, 0.15) is 16.7 Å². The Morgan fingerprint density at radius 3 is 2.47 bits per heavy atom. The molecule has 3 aromatic carbocycles. The van der Waals surface area contributed by atoms with Gasteiger partial charge in [-0.25, -0.2) is 0 Å². The van der Waals surface area contributed by atoms with Gasteiger partial charge < -0.3 is 5.32 Å². The third-order valence-electron chi connectivity index (χ3n) is 5.74. The maximum absolute atomic E-state index is 13.5. The Labute approximate surface area is 208 Å². The fraction of sp³-hybridized carbons (Fsp3) is 0.148. The number of carbonyl (C=O) groups is 2. The molecule has 1 aliphatic heterocycles. The fourth-order valence-corrected chi connectivity index (χ4v) is 5.24. The Morgan fingerprint density at radius 2 is 1.76 bits per heavy atom. The Balaban J connectivity index is 1.74. The molecule has 3 aromatic rings. The van der Waals surface area contributed by atoms with Crippen molar-refractivity contribution in [1.82, 2.24) is 0 Å². The van der Waals surface area contributed by atoms with Crippen LogP contribution in [-0.4, -0.2) is 17.1 Å². The summed E-state index contributed by atoms with van der Waals surface area (Å²) in [7, 11) is 0. The Morgan fingerprint density at radius 1 is 1.06 bits per heavy atom. The highest BCUT2D eigenvalue weighted by Crippen LogP contribution is 2.42. The second-order valence-electron chi connectivity index (χ2n) is 7.90. The van der Waals surface area contributed by atoms with E-state index in [0.717, 1.165) is 16.7 Å². The summed E-state index contributed by atoms with van der Waals surface area (Å²) in [5, 5.41) is 13.2. The van der Waals surface area contributed by atoms with Crippen molar-refractivity contribution in [2.45, 2.75) is 25.5 Å².